The summed E-state index contributed by atoms with van der Waals surface area (Å²) in [6.07, 6.45) is 2.30. The van der Waals surface area contributed by atoms with Crippen LogP contribution in [0.15, 0.2) is 10.5 Å². The SMILES string of the molecule is Cc1oc(CNC(=O)C2CCCCO2)cc1C(=O)O. The first-order valence-corrected chi connectivity index (χ1v) is 6.30. The third kappa shape index (κ3) is 3.35. The molecule has 2 N–H and O–H groups in total. The summed E-state index contributed by atoms with van der Waals surface area (Å²) >= 11 is 0. The Kier molecular flexibility index (Phi) is 4.21. The Hall–Kier alpha value is -1.82. The van der Waals surface area contributed by atoms with Crippen molar-refractivity contribution in [2.75, 3.05) is 6.61 Å². The first kappa shape index (κ1) is 13.6. The van der Waals surface area contributed by atoms with Gasteiger partial charge in [0, 0.05) is 6.61 Å². The molecule has 0 saturated carbocycles. The Bertz CT molecular complexity index is 473. The fourth-order valence-corrected chi connectivity index (χ4v) is 2.08. The topological polar surface area (TPSA) is 88.8 Å². The molecule has 0 aromatic carbocycles. The standard InChI is InChI=1S/C13H17NO5/c1-8-10(13(16)17)6-9(19-8)7-14-12(15)11-4-2-3-5-18-11/h6,11H,2-5,7H2,1H3,(H,14,15)(H,16,17). The maximum Gasteiger partial charge on any atom is 0.339 e. The Balaban J connectivity index is 1.89. The summed E-state index contributed by atoms with van der Waals surface area (Å²) in [5.41, 5.74) is 0.123. The van der Waals surface area contributed by atoms with Crippen LogP contribution in [0, 0.1) is 6.92 Å². The molecule has 1 aromatic heterocycles. The van der Waals surface area contributed by atoms with Crippen LogP contribution in [0.5, 0.6) is 0 Å². The van der Waals surface area contributed by atoms with Gasteiger partial charge in [-0.2, -0.15) is 0 Å². The first-order chi connectivity index (χ1) is 9.08. The number of aromatic carboxylic acids is 1. The van der Waals surface area contributed by atoms with Gasteiger partial charge in [-0.05, 0) is 32.3 Å². The highest BCUT2D eigenvalue weighted by Gasteiger charge is 2.22. The van der Waals surface area contributed by atoms with Gasteiger partial charge in [-0.25, -0.2) is 4.79 Å². The van der Waals surface area contributed by atoms with Crippen LogP contribution in [-0.2, 0) is 16.1 Å². The van der Waals surface area contributed by atoms with Gasteiger partial charge in [-0.15, -0.1) is 0 Å². The highest BCUT2D eigenvalue weighted by Crippen LogP contribution is 2.15. The summed E-state index contributed by atoms with van der Waals surface area (Å²) in [6, 6.07) is 1.43. The molecule has 1 aliphatic heterocycles. The molecule has 6 nitrogen and oxygen atoms in total. The van der Waals surface area contributed by atoms with Gasteiger partial charge < -0.3 is 19.6 Å². The Morgan fingerprint density at radius 2 is 2.26 bits per heavy atom. The van der Waals surface area contributed by atoms with Crippen molar-refractivity contribution >= 4 is 11.9 Å². The van der Waals surface area contributed by atoms with Gasteiger partial charge in [0.25, 0.3) is 0 Å². The first-order valence-electron chi connectivity index (χ1n) is 6.30. The van der Waals surface area contributed by atoms with E-state index in [1.807, 2.05) is 0 Å². The zero-order valence-electron chi connectivity index (χ0n) is 10.8. The number of nitrogens with one attached hydrogen (secondary N) is 1. The lowest BCUT2D eigenvalue weighted by molar-refractivity contribution is -0.135. The van der Waals surface area contributed by atoms with Crippen LogP contribution in [0.1, 0.15) is 41.1 Å². The zero-order chi connectivity index (χ0) is 13.8. The quantitative estimate of drug-likeness (QED) is 0.862. The number of aryl methyl sites for hydroxylation is 1. The highest BCUT2D eigenvalue weighted by molar-refractivity contribution is 5.88. The number of carbonyl (C=O) groups excluding carboxylic acids is 1. The summed E-state index contributed by atoms with van der Waals surface area (Å²) < 4.78 is 10.6. The van der Waals surface area contributed by atoms with Crippen molar-refractivity contribution in [1.82, 2.24) is 5.32 Å². The van der Waals surface area contributed by atoms with Gasteiger partial charge in [-0.3, -0.25) is 4.79 Å². The van der Waals surface area contributed by atoms with Crippen LogP contribution in [0.2, 0.25) is 0 Å². The lowest BCUT2D eigenvalue weighted by Gasteiger charge is -2.21. The summed E-state index contributed by atoms with van der Waals surface area (Å²) in [7, 11) is 0. The Morgan fingerprint density at radius 1 is 1.47 bits per heavy atom. The Labute approximate surface area is 110 Å². The predicted octanol–water partition coefficient (Wildman–Crippen LogP) is 1.47. The third-order valence-corrected chi connectivity index (χ3v) is 3.11. The molecule has 1 amide bonds. The maximum absolute atomic E-state index is 11.8. The van der Waals surface area contributed by atoms with Crippen LogP contribution in [0.25, 0.3) is 0 Å². The monoisotopic (exact) mass is 267 g/mol. The largest absolute Gasteiger partial charge is 0.478 e. The molecule has 0 aliphatic carbocycles. The number of rotatable bonds is 4. The normalized spacial score (nSPS) is 19.1. The van der Waals surface area contributed by atoms with E-state index in [-0.39, 0.29) is 18.0 Å². The molecule has 1 aromatic rings. The number of hydrogen-bond acceptors (Lipinski definition) is 4. The molecule has 1 fully saturated rings. The van der Waals surface area contributed by atoms with Crippen molar-refractivity contribution in [3.8, 4) is 0 Å². The average molecular weight is 267 g/mol. The molecule has 1 unspecified atom stereocenters. The molecular weight excluding hydrogens is 250 g/mol. The summed E-state index contributed by atoms with van der Waals surface area (Å²) in [4.78, 5) is 22.7. The van der Waals surface area contributed by atoms with Crippen molar-refractivity contribution in [3.05, 3.63) is 23.2 Å². The van der Waals surface area contributed by atoms with Crippen LogP contribution < -0.4 is 5.32 Å². The van der Waals surface area contributed by atoms with Crippen molar-refractivity contribution in [2.45, 2.75) is 38.8 Å². The lowest BCUT2D eigenvalue weighted by atomic mass is 10.1. The van der Waals surface area contributed by atoms with Crippen molar-refractivity contribution in [1.29, 1.82) is 0 Å². The van der Waals surface area contributed by atoms with Crippen LogP contribution in [-0.4, -0.2) is 29.7 Å². The molecule has 19 heavy (non-hydrogen) atoms. The molecule has 104 valence electrons. The smallest absolute Gasteiger partial charge is 0.339 e. The summed E-state index contributed by atoms with van der Waals surface area (Å²) in [6.45, 7) is 2.37. The molecule has 0 spiro atoms. The van der Waals surface area contributed by atoms with Crippen LogP contribution in [0.4, 0.5) is 0 Å². The fourth-order valence-electron chi connectivity index (χ4n) is 2.08. The molecular formula is C13H17NO5. The van der Waals surface area contributed by atoms with E-state index in [1.54, 1.807) is 6.92 Å². The van der Waals surface area contributed by atoms with Crippen molar-refractivity contribution in [3.63, 3.8) is 0 Å². The van der Waals surface area contributed by atoms with Gasteiger partial charge in [-0.1, -0.05) is 0 Å². The second-order valence-electron chi connectivity index (χ2n) is 4.56. The number of carboxylic acids is 1. The molecule has 2 rings (SSSR count). The second kappa shape index (κ2) is 5.88. The molecule has 1 saturated heterocycles. The zero-order valence-corrected chi connectivity index (χ0v) is 10.8. The minimum Gasteiger partial charge on any atom is -0.478 e. The molecule has 1 atom stereocenters. The number of hydrogen-bond donors (Lipinski definition) is 2. The number of amides is 1. The average Bonchev–Trinajstić information content (AvgIpc) is 2.78. The van der Waals surface area contributed by atoms with E-state index in [0.717, 1.165) is 19.3 Å². The van der Waals surface area contributed by atoms with E-state index in [4.69, 9.17) is 14.3 Å². The van der Waals surface area contributed by atoms with Crippen molar-refractivity contribution < 1.29 is 23.8 Å². The molecule has 1 aliphatic rings. The van der Waals surface area contributed by atoms with Crippen molar-refractivity contribution in [2.24, 2.45) is 0 Å². The van der Waals surface area contributed by atoms with E-state index < -0.39 is 12.1 Å². The summed E-state index contributed by atoms with van der Waals surface area (Å²) in [5.74, 6) is -0.440. The highest BCUT2D eigenvalue weighted by atomic mass is 16.5. The Morgan fingerprint density at radius 3 is 2.84 bits per heavy atom. The van der Waals surface area contributed by atoms with Gasteiger partial charge >= 0.3 is 5.97 Å². The van der Waals surface area contributed by atoms with E-state index in [9.17, 15) is 9.59 Å². The van der Waals surface area contributed by atoms with Crippen LogP contribution >= 0.6 is 0 Å². The van der Waals surface area contributed by atoms with Gasteiger partial charge in [0.1, 0.15) is 23.2 Å². The predicted molar refractivity (Wildman–Crippen MR) is 65.8 cm³/mol. The number of furan rings is 1. The van der Waals surface area contributed by atoms with E-state index in [2.05, 4.69) is 5.32 Å². The van der Waals surface area contributed by atoms with E-state index >= 15 is 0 Å². The minimum atomic E-state index is -1.03. The van der Waals surface area contributed by atoms with Gasteiger partial charge in [0.2, 0.25) is 5.91 Å². The second-order valence-corrected chi connectivity index (χ2v) is 4.56. The minimum absolute atomic E-state index is 0.123. The van der Waals surface area contributed by atoms with E-state index in [1.165, 1.54) is 6.07 Å². The molecule has 6 heteroatoms. The van der Waals surface area contributed by atoms with Gasteiger partial charge in [0.15, 0.2) is 0 Å². The number of carbonyl (C=O) groups is 2. The molecule has 2 heterocycles. The van der Waals surface area contributed by atoms with Crippen LogP contribution in [0.3, 0.4) is 0 Å². The lowest BCUT2D eigenvalue weighted by Crippen LogP contribution is -2.37. The molecule has 0 bridgehead atoms. The maximum atomic E-state index is 11.8. The fraction of sp³-hybridized carbons (Fsp3) is 0.538. The van der Waals surface area contributed by atoms with Gasteiger partial charge in [0.05, 0.1) is 6.54 Å². The number of ether oxygens (including phenoxy) is 1. The third-order valence-electron chi connectivity index (χ3n) is 3.11. The summed E-state index contributed by atoms with van der Waals surface area (Å²) in [5, 5.41) is 11.6. The van der Waals surface area contributed by atoms with E-state index in [0.29, 0.717) is 18.1 Å². The number of carboxylic acid groups (broad SMARTS) is 1. The molecule has 0 radical (unpaired) electrons.